The number of rotatable bonds is 3. The maximum atomic E-state index is 12.5. The molecule has 5 rings (SSSR count). The molecule has 0 aromatic carbocycles. The van der Waals surface area contributed by atoms with Gasteiger partial charge in [0.1, 0.15) is 5.65 Å². The number of pyridine rings is 2. The number of aryl methyl sites for hydroxylation is 1. The van der Waals surface area contributed by atoms with E-state index in [4.69, 9.17) is 4.74 Å². The van der Waals surface area contributed by atoms with Crippen LogP contribution in [0, 0.1) is 6.92 Å². The molecule has 0 unspecified atom stereocenters. The van der Waals surface area contributed by atoms with Crippen molar-refractivity contribution in [2.45, 2.75) is 38.8 Å². The predicted octanol–water partition coefficient (Wildman–Crippen LogP) is 3.15. The Morgan fingerprint density at radius 3 is 3.07 bits per heavy atom. The Kier molecular flexibility index (Phi) is 3.82. The van der Waals surface area contributed by atoms with Crippen molar-refractivity contribution >= 4 is 22.2 Å². The Balaban J connectivity index is 1.61. The molecular weight excluding hydrogens is 342 g/mol. The number of fused-ring (bicyclic) bond motifs is 2. The van der Waals surface area contributed by atoms with E-state index >= 15 is 0 Å². The van der Waals surface area contributed by atoms with Gasteiger partial charge in [-0.3, -0.25) is 9.55 Å². The van der Waals surface area contributed by atoms with E-state index in [1.165, 1.54) is 0 Å². The van der Waals surface area contributed by atoms with E-state index < -0.39 is 0 Å². The van der Waals surface area contributed by atoms with Gasteiger partial charge < -0.3 is 9.72 Å². The zero-order chi connectivity index (χ0) is 18.4. The molecule has 1 fully saturated rings. The zero-order valence-electron chi connectivity index (χ0n) is 15.2. The summed E-state index contributed by atoms with van der Waals surface area (Å²) in [6, 6.07) is 6.13. The summed E-state index contributed by atoms with van der Waals surface area (Å²) in [6.45, 7) is 3.28. The van der Waals surface area contributed by atoms with Crippen molar-refractivity contribution in [2.75, 3.05) is 6.61 Å². The summed E-state index contributed by atoms with van der Waals surface area (Å²) < 4.78 is 7.58. The molecule has 1 aliphatic rings. The van der Waals surface area contributed by atoms with Crippen LogP contribution in [0.25, 0.3) is 33.3 Å². The summed E-state index contributed by atoms with van der Waals surface area (Å²) in [5.74, 6) is 0. The van der Waals surface area contributed by atoms with Gasteiger partial charge in [0.25, 0.3) is 0 Å². The Morgan fingerprint density at radius 2 is 2.22 bits per heavy atom. The lowest BCUT2D eigenvalue weighted by Gasteiger charge is -2.22. The second-order valence-corrected chi connectivity index (χ2v) is 7.16. The molecule has 1 atom stereocenters. The maximum absolute atomic E-state index is 12.5. The van der Waals surface area contributed by atoms with E-state index in [1.54, 1.807) is 4.57 Å². The third-order valence-corrected chi connectivity index (χ3v) is 5.33. The zero-order valence-corrected chi connectivity index (χ0v) is 15.2. The summed E-state index contributed by atoms with van der Waals surface area (Å²) >= 11 is 0. The minimum absolute atomic E-state index is 0.0816. The highest BCUT2D eigenvalue weighted by Crippen LogP contribution is 2.27. The lowest BCUT2D eigenvalue weighted by molar-refractivity contribution is 0.00613. The molecular formula is C20H21N5O2. The van der Waals surface area contributed by atoms with Crippen LogP contribution in [0.4, 0.5) is 0 Å². The SMILES string of the molecule is Cc1nc2[nH]c(=O)n(C[C@H]3CCCCO3)c2cc1-c1cnc2[nH]ccc2c1. The van der Waals surface area contributed by atoms with Crippen LogP contribution in [0.5, 0.6) is 0 Å². The smallest absolute Gasteiger partial charge is 0.327 e. The van der Waals surface area contributed by atoms with E-state index in [-0.39, 0.29) is 11.8 Å². The van der Waals surface area contributed by atoms with Crippen molar-refractivity contribution in [3.63, 3.8) is 0 Å². The fourth-order valence-electron chi connectivity index (χ4n) is 3.89. The summed E-state index contributed by atoms with van der Waals surface area (Å²) in [4.78, 5) is 27.6. The third kappa shape index (κ3) is 2.84. The van der Waals surface area contributed by atoms with Gasteiger partial charge in [-0.05, 0) is 44.4 Å². The van der Waals surface area contributed by atoms with Crippen molar-refractivity contribution < 1.29 is 4.74 Å². The fraction of sp³-hybridized carbons (Fsp3) is 0.350. The van der Waals surface area contributed by atoms with Gasteiger partial charge in [-0.25, -0.2) is 14.8 Å². The van der Waals surface area contributed by atoms with Crippen molar-refractivity contribution in [2.24, 2.45) is 0 Å². The fourth-order valence-corrected chi connectivity index (χ4v) is 3.89. The molecule has 1 aliphatic heterocycles. The molecule has 0 spiro atoms. The molecule has 0 saturated carbocycles. The Bertz CT molecular complexity index is 1180. The van der Waals surface area contributed by atoms with Crippen LogP contribution >= 0.6 is 0 Å². The van der Waals surface area contributed by atoms with Gasteiger partial charge in [-0.2, -0.15) is 0 Å². The van der Waals surface area contributed by atoms with E-state index in [1.807, 2.05) is 31.5 Å². The molecule has 1 saturated heterocycles. The van der Waals surface area contributed by atoms with Crippen molar-refractivity contribution in [3.05, 3.63) is 46.8 Å². The molecule has 2 N–H and O–H groups in total. The second-order valence-electron chi connectivity index (χ2n) is 7.16. The van der Waals surface area contributed by atoms with Gasteiger partial charge in [0.2, 0.25) is 0 Å². The number of nitrogens with zero attached hydrogens (tertiary/aromatic N) is 3. The van der Waals surface area contributed by atoms with Crippen molar-refractivity contribution in [1.82, 2.24) is 24.5 Å². The highest BCUT2D eigenvalue weighted by Gasteiger charge is 2.19. The first-order valence-corrected chi connectivity index (χ1v) is 9.34. The Labute approximate surface area is 155 Å². The van der Waals surface area contributed by atoms with Gasteiger partial charge in [-0.1, -0.05) is 0 Å². The molecule has 0 bridgehead atoms. The highest BCUT2D eigenvalue weighted by molar-refractivity contribution is 5.85. The van der Waals surface area contributed by atoms with Crippen LogP contribution in [0.2, 0.25) is 0 Å². The minimum Gasteiger partial charge on any atom is -0.376 e. The molecule has 27 heavy (non-hydrogen) atoms. The quantitative estimate of drug-likeness (QED) is 0.585. The number of hydrogen-bond acceptors (Lipinski definition) is 4. The monoisotopic (exact) mass is 363 g/mol. The summed E-state index contributed by atoms with van der Waals surface area (Å²) in [5.41, 5.74) is 4.98. The molecule has 0 amide bonds. The van der Waals surface area contributed by atoms with E-state index in [9.17, 15) is 4.79 Å². The van der Waals surface area contributed by atoms with E-state index in [0.29, 0.717) is 12.2 Å². The normalized spacial score (nSPS) is 17.7. The van der Waals surface area contributed by atoms with Gasteiger partial charge in [-0.15, -0.1) is 0 Å². The summed E-state index contributed by atoms with van der Waals surface area (Å²) in [6.07, 6.45) is 7.03. The van der Waals surface area contributed by atoms with Gasteiger partial charge >= 0.3 is 5.69 Å². The maximum Gasteiger partial charge on any atom is 0.327 e. The molecule has 138 valence electrons. The van der Waals surface area contributed by atoms with Gasteiger partial charge in [0.15, 0.2) is 5.65 Å². The van der Waals surface area contributed by atoms with E-state index in [0.717, 1.165) is 59.2 Å². The number of imidazole rings is 1. The van der Waals surface area contributed by atoms with E-state index in [2.05, 4.69) is 26.0 Å². The number of nitrogens with one attached hydrogen (secondary N) is 2. The number of aromatic amines is 2. The standard InChI is InChI=1S/C20H21N5O2/c1-12-16(14-8-13-5-6-21-18(13)22-10-14)9-17-19(23-12)24-20(26)25(17)11-15-4-2-3-7-27-15/h5-6,8-10,15H,2-4,7,11H2,1H3,(H,21,22)(H,23,24,26)/t15-/m1/s1. The van der Waals surface area contributed by atoms with Crippen molar-refractivity contribution in [1.29, 1.82) is 0 Å². The molecule has 7 nitrogen and oxygen atoms in total. The molecule has 4 aromatic heterocycles. The first-order valence-electron chi connectivity index (χ1n) is 9.34. The van der Waals surface area contributed by atoms with Gasteiger partial charge in [0.05, 0.1) is 18.2 Å². The lowest BCUT2D eigenvalue weighted by Crippen LogP contribution is -2.29. The molecule has 4 aromatic rings. The van der Waals surface area contributed by atoms with Gasteiger partial charge in [0, 0.05) is 41.2 Å². The third-order valence-electron chi connectivity index (χ3n) is 5.33. The van der Waals surface area contributed by atoms with Crippen LogP contribution in [-0.2, 0) is 11.3 Å². The average Bonchev–Trinajstić information content (AvgIpc) is 3.26. The molecule has 7 heteroatoms. The van der Waals surface area contributed by atoms with Crippen LogP contribution < -0.4 is 5.69 Å². The Morgan fingerprint density at radius 1 is 1.30 bits per heavy atom. The number of hydrogen-bond donors (Lipinski definition) is 2. The average molecular weight is 363 g/mol. The lowest BCUT2D eigenvalue weighted by atomic mass is 10.0. The predicted molar refractivity (Wildman–Crippen MR) is 104 cm³/mol. The molecule has 0 radical (unpaired) electrons. The summed E-state index contributed by atoms with van der Waals surface area (Å²) in [5, 5.41) is 1.05. The van der Waals surface area contributed by atoms with Crippen LogP contribution in [0.1, 0.15) is 25.0 Å². The first kappa shape index (κ1) is 16.3. The minimum atomic E-state index is -0.137. The van der Waals surface area contributed by atoms with Crippen LogP contribution in [0.3, 0.4) is 0 Å². The Hall–Kier alpha value is -2.93. The summed E-state index contributed by atoms with van der Waals surface area (Å²) in [7, 11) is 0. The first-order chi connectivity index (χ1) is 13.2. The molecule has 5 heterocycles. The molecule has 0 aliphatic carbocycles. The topological polar surface area (TPSA) is 88.6 Å². The van der Waals surface area contributed by atoms with Crippen LogP contribution in [-0.4, -0.2) is 37.2 Å². The number of ether oxygens (including phenoxy) is 1. The second kappa shape index (κ2) is 6.35. The number of H-pyrrole nitrogens is 2. The largest absolute Gasteiger partial charge is 0.376 e. The van der Waals surface area contributed by atoms with Crippen molar-refractivity contribution in [3.8, 4) is 11.1 Å². The highest BCUT2D eigenvalue weighted by atomic mass is 16.5. The number of aromatic nitrogens is 5. The van der Waals surface area contributed by atoms with Crippen LogP contribution in [0.15, 0.2) is 35.4 Å².